The molecule has 0 unspecified atom stereocenters. The maximum Gasteiger partial charge on any atom is 0.164 e. The summed E-state index contributed by atoms with van der Waals surface area (Å²) in [4.78, 5) is 27.3. The standard InChI is InChI=1S/C45H29N7/c1-4-15-30(16-5-1)42-48-43(31-17-6-2-7-18-31)50-44(49-42)32-19-14-22-34(29-32)52-37-25-12-10-23-35(37)39-41-40(46-27-28-47-41)36-24-11-13-26-38(36)51(45(39)52)33-20-8-3-9-21-33/h1-29H. The second-order valence-electron chi connectivity index (χ2n) is 12.6. The van der Waals surface area contributed by atoms with E-state index in [9.17, 15) is 0 Å². The van der Waals surface area contributed by atoms with Crippen LogP contribution in [0.1, 0.15) is 0 Å². The van der Waals surface area contributed by atoms with Crippen LogP contribution in [0.15, 0.2) is 176 Å². The molecule has 0 radical (unpaired) electrons. The lowest BCUT2D eigenvalue weighted by molar-refractivity contribution is 1.06. The normalized spacial score (nSPS) is 11.8. The molecule has 4 heterocycles. The molecule has 9 aromatic rings. The minimum absolute atomic E-state index is 0.596. The fraction of sp³-hybridized carbons (Fsp3) is 0. The Kier molecular flexibility index (Phi) is 6.99. The van der Waals surface area contributed by atoms with E-state index in [0.29, 0.717) is 17.5 Å². The summed E-state index contributed by atoms with van der Waals surface area (Å²) >= 11 is 0. The van der Waals surface area contributed by atoms with Gasteiger partial charge in [0.05, 0.1) is 22.5 Å². The third-order valence-electron chi connectivity index (χ3n) is 9.47. The van der Waals surface area contributed by atoms with Crippen molar-refractivity contribution < 1.29 is 0 Å². The van der Waals surface area contributed by atoms with Crippen molar-refractivity contribution in [1.82, 2.24) is 29.5 Å². The van der Waals surface area contributed by atoms with Gasteiger partial charge in [-0.3, -0.25) is 19.4 Å². The molecular formula is C45H29N7. The number of benzene rings is 6. The Balaban J connectivity index is 1.26. The predicted molar refractivity (Wildman–Crippen MR) is 208 cm³/mol. The fourth-order valence-electron chi connectivity index (χ4n) is 7.19. The summed E-state index contributed by atoms with van der Waals surface area (Å²) in [6.45, 7) is 0. The summed E-state index contributed by atoms with van der Waals surface area (Å²) in [7, 11) is 0. The lowest BCUT2D eigenvalue weighted by atomic mass is 10.0. The highest BCUT2D eigenvalue weighted by molar-refractivity contribution is 6.11. The van der Waals surface area contributed by atoms with Crippen LogP contribution in [0.5, 0.6) is 0 Å². The molecule has 0 spiro atoms. The van der Waals surface area contributed by atoms with Gasteiger partial charge in [0, 0.05) is 51.4 Å². The van der Waals surface area contributed by atoms with Crippen LogP contribution in [0.3, 0.4) is 0 Å². The van der Waals surface area contributed by atoms with E-state index in [-0.39, 0.29) is 0 Å². The molecule has 0 fully saturated rings. The Labute approximate surface area is 300 Å². The first kappa shape index (κ1) is 29.6. The lowest BCUT2D eigenvalue weighted by Gasteiger charge is -2.28. The summed E-state index contributed by atoms with van der Waals surface area (Å²) in [5.74, 6) is 2.81. The van der Waals surface area contributed by atoms with Crippen LogP contribution in [0.4, 0.5) is 17.2 Å². The van der Waals surface area contributed by atoms with Gasteiger partial charge in [0.25, 0.3) is 0 Å². The Morgan fingerprint density at radius 2 is 0.962 bits per heavy atom. The Morgan fingerprint density at radius 3 is 1.67 bits per heavy atom. The average molecular weight is 668 g/mol. The van der Waals surface area contributed by atoms with Crippen molar-refractivity contribution in [2.75, 3.05) is 4.90 Å². The van der Waals surface area contributed by atoms with Gasteiger partial charge < -0.3 is 0 Å². The zero-order valence-electron chi connectivity index (χ0n) is 27.9. The molecule has 1 aliphatic heterocycles. The fourth-order valence-corrected chi connectivity index (χ4v) is 7.19. The smallest absolute Gasteiger partial charge is 0.164 e. The van der Waals surface area contributed by atoms with E-state index in [1.54, 1.807) is 12.4 Å². The van der Waals surface area contributed by atoms with Crippen molar-refractivity contribution >= 4 is 28.1 Å². The first-order valence-electron chi connectivity index (χ1n) is 17.2. The number of nitrogens with zero attached hydrogens (tertiary/aromatic N) is 7. The predicted octanol–water partition coefficient (Wildman–Crippen LogP) is 10.7. The molecule has 0 bridgehead atoms. The van der Waals surface area contributed by atoms with Gasteiger partial charge in [-0.05, 0) is 36.4 Å². The highest BCUT2D eigenvalue weighted by atomic mass is 15.3. The van der Waals surface area contributed by atoms with Gasteiger partial charge in [0.2, 0.25) is 0 Å². The quantitative estimate of drug-likeness (QED) is 0.182. The van der Waals surface area contributed by atoms with Crippen molar-refractivity contribution in [3.63, 3.8) is 0 Å². The van der Waals surface area contributed by atoms with Crippen molar-refractivity contribution in [2.24, 2.45) is 0 Å². The number of hydrogen-bond donors (Lipinski definition) is 0. The van der Waals surface area contributed by atoms with Crippen LogP contribution in [0.25, 0.3) is 73.3 Å². The minimum atomic E-state index is 0.596. The highest BCUT2D eigenvalue weighted by Crippen LogP contribution is 2.53. The first-order chi connectivity index (χ1) is 25.8. The van der Waals surface area contributed by atoms with Gasteiger partial charge >= 0.3 is 0 Å². The topological polar surface area (TPSA) is 72.6 Å². The van der Waals surface area contributed by atoms with Crippen LogP contribution < -0.4 is 4.90 Å². The van der Waals surface area contributed by atoms with Crippen molar-refractivity contribution in [3.8, 4) is 62.4 Å². The van der Waals surface area contributed by atoms with E-state index in [4.69, 9.17) is 24.9 Å². The monoisotopic (exact) mass is 667 g/mol. The number of fused-ring (bicyclic) bond motifs is 7. The van der Waals surface area contributed by atoms with Crippen molar-refractivity contribution in [1.29, 1.82) is 0 Å². The van der Waals surface area contributed by atoms with Crippen molar-refractivity contribution in [2.45, 2.75) is 0 Å². The van der Waals surface area contributed by atoms with Gasteiger partial charge in [-0.1, -0.05) is 127 Å². The van der Waals surface area contributed by atoms with E-state index in [2.05, 4.69) is 107 Å². The zero-order valence-corrected chi connectivity index (χ0v) is 27.9. The molecule has 0 saturated heterocycles. The second-order valence-corrected chi connectivity index (χ2v) is 12.6. The molecule has 1 aliphatic rings. The molecule has 10 rings (SSSR count). The molecule has 244 valence electrons. The molecule has 6 aromatic carbocycles. The number of rotatable bonds is 5. The number of aromatic nitrogens is 6. The number of hydrogen-bond acceptors (Lipinski definition) is 6. The summed E-state index contributed by atoms with van der Waals surface area (Å²) in [5, 5.41) is 1.08. The number of anilines is 3. The molecular weight excluding hydrogens is 639 g/mol. The van der Waals surface area contributed by atoms with Gasteiger partial charge in [-0.15, -0.1) is 0 Å². The lowest BCUT2D eigenvalue weighted by Crippen LogP contribution is -2.15. The summed E-state index contributed by atoms with van der Waals surface area (Å²) in [6, 6.07) is 56.1. The van der Waals surface area contributed by atoms with E-state index in [1.807, 2.05) is 66.7 Å². The molecule has 0 saturated carbocycles. The molecule has 0 atom stereocenters. The summed E-state index contributed by atoms with van der Waals surface area (Å²) < 4.78 is 2.33. The molecule has 7 heteroatoms. The van der Waals surface area contributed by atoms with Gasteiger partial charge in [-0.2, -0.15) is 0 Å². The third kappa shape index (κ3) is 4.87. The third-order valence-corrected chi connectivity index (χ3v) is 9.47. The molecule has 0 aliphatic carbocycles. The van der Waals surface area contributed by atoms with Crippen molar-refractivity contribution in [3.05, 3.63) is 176 Å². The van der Waals surface area contributed by atoms with E-state index >= 15 is 0 Å². The second kappa shape index (κ2) is 12.3. The summed E-state index contributed by atoms with van der Waals surface area (Å²) in [5.41, 5.74) is 10.5. The van der Waals surface area contributed by atoms with E-state index in [1.165, 1.54) is 0 Å². The van der Waals surface area contributed by atoms with Crippen LogP contribution >= 0.6 is 0 Å². The molecule has 7 nitrogen and oxygen atoms in total. The van der Waals surface area contributed by atoms with Gasteiger partial charge in [0.15, 0.2) is 17.5 Å². The maximum atomic E-state index is 5.05. The van der Waals surface area contributed by atoms with Crippen LogP contribution in [0, 0.1) is 0 Å². The molecule has 0 N–H and O–H groups in total. The zero-order chi connectivity index (χ0) is 34.4. The van der Waals surface area contributed by atoms with Gasteiger partial charge in [-0.25, -0.2) is 15.0 Å². The van der Waals surface area contributed by atoms with Crippen LogP contribution in [0.2, 0.25) is 0 Å². The van der Waals surface area contributed by atoms with Crippen LogP contribution in [-0.4, -0.2) is 29.5 Å². The minimum Gasteiger partial charge on any atom is -0.295 e. The summed E-state index contributed by atoms with van der Waals surface area (Å²) in [6.07, 6.45) is 3.56. The molecule has 3 aromatic heterocycles. The van der Waals surface area contributed by atoms with E-state index < -0.39 is 0 Å². The Morgan fingerprint density at radius 1 is 0.423 bits per heavy atom. The largest absolute Gasteiger partial charge is 0.295 e. The van der Waals surface area contributed by atoms with Crippen LogP contribution in [-0.2, 0) is 0 Å². The maximum absolute atomic E-state index is 5.05. The molecule has 52 heavy (non-hydrogen) atoms. The Bertz CT molecular complexity index is 2680. The SMILES string of the molecule is c1ccc(-c2nc(-c3ccccc3)nc(-c3cccc(-n4c5c(c6ccccc64)-c4nccnc4-c4ccccc4N5c4ccccc4)c3)n2)cc1. The highest BCUT2D eigenvalue weighted by Gasteiger charge is 2.33. The first-order valence-corrected chi connectivity index (χ1v) is 17.2. The molecule has 0 amide bonds. The average Bonchev–Trinajstić information content (AvgIpc) is 3.50. The number of para-hydroxylation sites is 3. The van der Waals surface area contributed by atoms with E-state index in [0.717, 1.165) is 73.0 Å². The van der Waals surface area contributed by atoms with Gasteiger partial charge in [0.1, 0.15) is 11.5 Å². The Hall–Kier alpha value is -7.25.